The molecule has 1 heterocycles. The van der Waals surface area contributed by atoms with Crippen molar-refractivity contribution in [3.8, 4) is 0 Å². The molecule has 0 bridgehead atoms. The summed E-state index contributed by atoms with van der Waals surface area (Å²) in [6, 6.07) is 7.52. The Morgan fingerprint density at radius 3 is 2.69 bits per heavy atom. The fraction of sp³-hybridized carbons (Fsp3) is 0.364. The summed E-state index contributed by atoms with van der Waals surface area (Å²) in [6.45, 7) is 0. The lowest BCUT2D eigenvalue weighted by Crippen LogP contribution is -2.42. The van der Waals surface area contributed by atoms with E-state index in [0.717, 1.165) is 15.0 Å². The van der Waals surface area contributed by atoms with E-state index in [-0.39, 0.29) is 5.91 Å². The Labute approximate surface area is 112 Å². The van der Waals surface area contributed by atoms with Crippen LogP contribution >= 0.6 is 34.4 Å². The Bertz CT molecular complexity index is 387. The second-order valence-corrected chi connectivity index (χ2v) is 6.15. The number of amides is 1. The van der Waals surface area contributed by atoms with Crippen LogP contribution in [0.1, 0.15) is 6.42 Å². The molecule has 1 saturated heterocycles. The minimum atomic E-state index is -1.19. The maximum absolute atomic E-state index is 11.8. The molecule has 1 amide bonds. The van der Waals surface area contributed by atoms with E-state index < -0.39 is 5.60 Å². The van der Waals surface area contributed by atoms with Gasteiger partial charge in [0, 0.05) is 15.0 Å². The van der Waals surface area contributed by atoms with Gasteiger partial charge in [-0.1, -0.05) is 0 Å². The molecule has 2 rings (SSSR count). The molecule has 0 radical (unpaired) electrons. The van der Waals surface area contributed by atoms with Crippen LogP contribution in [0.3, 0.4) is 0 Å². The first kappa shape index (κ1) is 12.2. The van der Waals surface area contributed by atoms with Gasteiger partial charge in [-0.2, -0.15) is 11.8 Å². The summed E-state index contributed by atoms with van der Waals surface area (Å²) in [5.74, 6) is 1.04. The maximum atomic E-state index is 11.8. The zero-order valence-corrected chi connectivity index (χ0v) is 11.5. The molecule has 0 saturated carbocycles. The van der Waals surface area contributed by atoms with Gasteiger partial charge in [-0.25, -0.2) is 0 Å². The van der Waals surface area contributed by atoms with Gasteiger partial charge < -0.3 is 10.4 Å². The number of anilines is 1. The number of halogens is 1. The van der Waals surface area contributed by atoms with Gasteiger partial charge in [-0.3, -0.25) is 4.79 Å². The third kappa shape index (κ3) is 2.70. The van der Waals surface area contributed by atoms with Gasteiger partial charge in [-0.05, 0) is 59.0 Å². The first-order valence-electron chi connectivity index (χ1n) is 4.97. The highest BCUT2D eigenvalue weighted by atomic mass is 127. The lowest BCUT2D eigenvalue weighted by atomic mass is 10.0. The Morgan fingerprint density at radius 1 is 1.44 bits per heavy atom. The zero-order valence-electron chi connectivity index (χ0n) is 8.57. The number of rotatable bonds is 2. The van der Waals surface area contributed by atoms with Gasteiger partial charge in [0.05, 0.1) is 0 Å². The van der Waals surface area contributed by atoms with Crippen LogP contribution < -0.4 is 5.32 Å². The SMILES string of the molecule is O=C(Nc1ccc(I)cc1)C1(O)CCSC1. The van der Waals surface area contributed by atoms with Crippen molar-refractivity contribution in [1.82, 2.24) is 0 Å². The molecule has 3 nitrogen and oxygen atoms in total. The molecule has 1 fully saturated rings. The number of thioether (sulfide) groups is 1. The van der Waals surface area contributed by atoms with Crippen LogP contribution in [0.4, 0.5) is 5.69 Å². The fourth-order valence-corrected chi connectivity index (χ4v) is 3.11. The van der Waals surface area contributed by atoms with Gasteiger partial charge in [0.25, 0.3) is 5.91 Å². The van der Waals surface area contributed by atoms with Crippen molar-refractivity contribution in [1.29, 1.82) is 0 Å². The van der Waals surface area contributed by atoms with E-state index in [4.69, 9.17) is 0 Å². The molecule has 1 unspecified atom stereocenters. The van der Waals surface area contributed by atoms with Gasteiger partial charge in [0.15, 0.2) is 5.60 Å². The average molecular weight is 349 g/mol. The van der Waals surface area contributed by atoms with E-state index in [2.05, 4.69) is 27.9 Å². The molecule has 5 heteroatoms. The molecule has 0 spiro atoms. The summed E-state index contributed by atoms with van der Waals surface area (Å²) in [5, 5.41) is 12.8. The van der Waals surface area contributed by atoms with Crippen LogP contribution in [-0.4, -0.2) is 28.1 Å². The number of aliphatic hydroxyl groups is 1. The molecule has 2 N–H and O–H groups in total. The highest BCUT2D eigenvalue weighted by Crippen LogP contribution is 2.29. The normalized spacial score (nSPS) is 24.4. The Hall–Kier alpha value is -0.270. The summed E-state index contributed by atoms with van der Waals surface area (Å²) in [7, 11) is 0. The topological polar surface area (TPSA) is 49.3 Å². The molecule has 1 aliphatic rings. The first-order chi connectivity index (χ1) is 7.60. The van der Waals surface area contributed by atoms with Crippen molar-refractivity contribution in [3.63, 3.8) is 0 Å². The molecule has 1 aromatic rings. The summed E-state index contributed by atoms with van der Waals surface area (Å²) < 4.78 is 1.12. The Morgan fingerprint density at radius 2 is 2.12 bits per heavy atom. The highest BCUT2D eigenvalue weighted by Gasteiger charge is 2.39. The number of carbonyl (C=O) groups excluding carboxylic acids is 1. The number of carbonyl (C=O) groups is 1. The van der Waals surface area contributed by atoms with E-state index in [9.17, 15) is 9.90 Å². The van der Waals surface area contributed by atoms with Crippen LogP contribution in [0, 0.1) is 3.57 Å². The molecule has 0 aliphatic carbocycles. The quantitative estimate of drug-likeness (QED) is 0.804. The molecule has 1 aromatic carbocycles. The molecular formula is C11H12INO2S. The highest BCUT2D eigenvalue weighted by molar-refractivity contribution is 14.1. The van der Waals surface area contributed by atoms with Crippen LogP contribution in [0.15, 0.2) is 24.3 Å². The molecule has 16 heavy (non-hydrogen) atoms. The average Bonchev–Trinajstić information content (AvgIpc) is 2.70. The predicted octanol–water partition coefficient (Wildman–Crippen LogP) is 2.10. The van der Waals surface area contributed by atoms with Crippen molar-refractivity contribution in [2.24, 2.45) is 0 Å². The smallest absolute Gasteiger partial charge is 0.257 e. The monoisotopic (exact) mass is 349 g/mol. The number of hydrogen-bond acceptors (Lipinski definition) is 3. The molecule has 1 atom stereocenters. The summed E-state index contributed by atoms with van der Waals surface area (Å²) in [4.78, 5) is 11.8. The summed E-state index contributed by atoms with van der Waals surface area (Å²) >= 11 is 3.82. The lowest BCUT2D eigenvalue weighted by molar-refractivity contribution is -0.131. The molecular weight excluding hydrogens is 337 g/mol. The van der Waals surface area contributed by atoms with E-state index >= 15 is 0 Å². The number of hydrogen-bond donors (Lipinski definition) is 2. The minimum absolute atomic E-state index is 0.293. The first-order valence-corrected chi connectivity index (χ1v) is 7.21. The van der Waals surface area contributed by atoms with Crippen molar-refractivity contribution in [2.75, 3.05) is 16.8 Å². The standard InChI is InChI=1S/C11H12INO2S/c12-8-1-3-9(4-2-8)13-10(14)11(15)5-6-16-7-11/h1-4,15H,5-7H2,(H,13,14). The van der Waals surface area contributed by atoms with E-state index in [1.807, 2.05) is 24.3 Å². The Balaban J connectivity index is 2.04. The number of benzene rings is 1. The second kappa shape index (κ2) is 4.93. The predicted molar refractivity (Wildman–Crippen MR) is 74.7 cm³/mol. The van der Waals surface area contributed by atoms with Crippen molar-refractivity contribution in [2.45, 2.75) is 12.0 Å². The van der Waals surface area contributed by atoms with Gasteiger partial charge in [0.2, 0.25) is 0 Å². The van der Waals surface area contributed by atoms with E-state index in [1.54, 1.807) is 11.8 Å². The Kier molecular flexibility index (Phi) is 3.76. The summed E-state index contributed by atoms with van der Waals surface area (Å²) in [6.07, 6.45) is 0.536. The maximum Gasteiger partial charge on any atom is 0.257 e. The third-order valence-corrected chi connectivity index (χ3v) is 4.42. The minimum Gasteiger partial charge on any atom is -0.379 e. The van der Waals surface area contributed by atoms with Crippen LogP contribution in [0.25, 0.3) is 0 Å². The van der Waals surface area contributed by atoms with Crippen molar-refractivity contribution < 1.29 is 9.90 Å². The molecule has 0 aromatic heterocycles. The molecule has 86 valence electrons. The van der Waals surface area contributed by atoms with Gasteiger partial charge in [0.1, 0.15) is 0 Å². The van der Waals surface area contributed by atoms with E-state index in [1.165, 1.54) is 0 Å². The van der Waals surface area contributed by atoms with Crippen molar-refractivity contribution >= 4 is 45.9 Å². The largest absolute Gasteiger partial charge is 0.379 e. The van der Waals surface area contributed by atoms with Crippen molar-refractivity contribution in [3.05, 3.63) is 27.8 Å². The zero-order chi connectivity index (χ0) is 11.6. The van der Waals surface area contributed by atoms with Gasteiger partial charge >= 0.3 is 0 Å². The summed E-state index contributed by atoms with van der Waals surface area (Å²) in [5.41, 5.74) is -0.455. The fourth-order valence-electron chi connectivity index (χ4n) is 1.51. The van der Waals surface area contributed by atoms with E-state index in [0.29, 0.717) is 12.2 Å². The third-order valence-electron chi connectivity index (χ3n) is 2.53. The van der Waals surface area contributed by atoms with Crippen LogP contribution in [0.2, 0.25) is 0 Å². The lowest BCUT2D eigenvalue weighted by Gasteiger charge is -2.20. The second-order valence-electron chi connectivity index (χ2n) is 3.80. The number of nitrogens with one attached hydrogen (secondary N) is 1. The van der Waals surface area contributed by atoms with Crippen LogP contribution in [0.5, 0.6) is 0 Å². The van der Waals surface area contributed by atoms with Crippen LogP contribution in [-0.2, 0) is 4.79 Å². The molecule has 1 aliphatic heterocycles. The van der Waals surface area contributed by atoms with Gasteiger partial charge in [-0.15, -0.1) is 0 Å².